The molecule has 48 heavy (non-hydrogen) atoms. The predicted molar refractivity (Wildman–Crippen MR) is 186 cm³/mol. The third kappa shape index (κ3) is 8.35. The molecule has 0 atom stereocenters. The van der Waals surface area contributed by atoms with Crippen molar-refractivity contribution >= 4 is 62.6 Å². The molecule has 0 aliphatic carbocycles. The van der Waals surface area contributed by atoms with Crippen LogP contribution in [0.25, 0.3) is 0 Å². The zero-order valence-electron chi connectivity index (χ0n) is 28.2. The summed E-state index contributed by atoms with van der Waals surface area (Å²) in [6.45, 7) is 10.4. The molecule has 0 aromatic heterocycles. The minimum absolute atomic E-state index is 0.0277. The van der Waals surface area contributed by atoms with Gasteiger partial charge >= 0.3 is 12.1 Å². The van der Waals surface area contributed by atoms with Gasteiger partial charge in [-0.2, -0.15) is 0 Å². The lowest BCUT2D eigenvalue weighted by Gasteiger charge is -2.27. The van der Waals surface area contributed by atoms with Gasteiger partial charge in [0.05, 0.1) is 21.2 Å². The molecule has 2 aromatic rings. The third-order valence-corrected chi connectivity index (χ3v) is 9.03. The van der Waals surface area contributed by atoms with Crippen molar-refractivity contribution < 1.29 is 29.0 Å². The summed E-state index contributed by atoms with van der Waals surface area (Å²) in [4.78, 5) is 74.4. The van der Waals surface area contributed by atoms with E-state index in [-0.39, 0.29) is 29.2 Å². The Balaban J connectivity index is 0.000000284. The zero-order chi connectivity index (χ0) is 36.0. The number of alkyl halides is 1. The van der Waals surface area contributed by atoms with E-state index in [0.717, 1.165) is 34.4 Å². The highest BCUT2D eigenvalue weighted by molar-refractivity contribution is 9.09. The lowest BCUT2D eigenvalue weighted by Crippen LogP contribution is -2.44. The highest BCUT2D eigenvalue weighted by atomic mass is 79.9. The predicted octanol–water partition coefficient (Wildman–Crippen LogP) is 7.31. The Hall–Kier alpha value is -4.40. The maximum absolute atomic E-state index is 13.0. The van der Waals surface area contributed by atoms with E-state index in [1.807, 2.05) is 0 Å². The minimum atomic E-state index is -0.966. The monoisotopic (exact) mass is 730 g/mol. The van der Waals surface area contributed by atoms with Gasteiger partial charge in [-0.15, -0.1) is 0 Å². The van der Waals surface area contributed by atoms with Gasteiger partial charge in [0.15, 0.2) is 0 Å². The number of hydrogen-bond acceptors (Lipinski definition) is 8. The second-order valence-corrected chi connectivity index (χ2v) is 13.7. The van der Waals surface area contributed by atoms with Crippen molar-refractivity contribution in [3.63, 3.8) is 0 Å². The smallest absolute Gasteiger partial charge is 0.323 e. The van der Waals surface area contributed by atoms with Crippen molar-refractivity contribution in [2.24, 2.45) is 0 Å². The number of rotatable bonds is 13. The van der Waals surface area contributed by atoms with E-state index in [0.29, 0.717) is 29.0 Å². The summed E-state index contributed by atoms with van der Waals surface area (Å²) in [7, 11) is 0. The number of benzene rings is 2. The number of halogens is 1. The molecule has 14 nitrogen and oxygen atoms in total. The van der Waals surface area contributed by atoms with Crippen molar-refractivity contribution in [2.45, 2.75) is 97.6 Å². The molecule has 0 unspecified atom stereocenters. The number of nitro benzene ring substituents is 2. The summed E-state index contributed by atoms with van der Waals surface area (Å²) in [5.74, 6) is -0.684. The maximum atomic E-state index is 13.0. The Kier molecular flexibility index (Phi) is 12.4. The van der Waals surface area contributed by atoms with Gasteiger partial charge in [-0.25, -0.2) is 19.4 Å². The van der Waals surface area contributed by atoms with Crippen LogP contribution in [0.15, 0.2) is 36.4 Å². The number of nitrogens with zero attached hydrogens (tertiary/aromatic N) is 5. The van der Waals surface area contributed by atoms with Crippen LogP contribution in [0.5, 0.6) is 0 Å². The first-order valence-corrected chi connectivity index (χ1v) is 17.0. The molecule has 15 heteroatoms. The van der Waals surface area contributed by atoms with E-state index < -0.39 is 27.0 Å². The fourth-order valence-electron chi connectivity index (χ4n) is 5.64. The fraction of sp³-hybridized carbons (Fsp3) is 0.515. The average molecular weight is 732 g/mol. The second-order valence-electron chi connectivity index (χ2n) is 12.9. The first kappa shape index (κ1) is 38.1. The molecule has 2 heterocycles. The Morgan fingerprint density at radius 3 is 1.58 bits per heavy atom. The van der Waals surface area contributed by atoms with Gasteiger partial charge in [-0.3, -0.25) is 29.8 Å². The van der Waals surface area contributed by atoms with Gasteiger partial charge in [0.25, 0.3) is 23.2 Å². The number of nitrogens with one attached hydrogen (secondary N) is 1. The second kappa shape index (κ2) is 15.7. The molecule has 1 N–H and O–H groups in total. The van der Waals surface area contributed by atoms with E-state index in [1.165, 1.54) is 62.1 Å². The minimum Gasteiger partial charge on any atom is -0.323 e. The number of urea groups is 2. The van der Waals surface area contributed by atoms with Crippen LogP contribution in [0.3, 0.4) is 0 Å². The average Bonchev–Trinajstić information content (AvgIpc) is 3.31. The van der Waals surface area contributed by atoms with E-state index in [9.17, 15) is 39.4 Å². The quantitative estimate of drug-likeness (QED) is 0.0733. The van der Waals surface area contributed by atoms with Crippen molar-refractivity contribution in [3.05, 3.63) is 67.8 Å². The van der Waals surface area contributed by atoms with Crippen molar-refractivity contribution in [2.75, 3.05) is 21.7 Å². The van der Waals surface area contributed by atoms with E-state index >= 15 is 0 Å². The molecule has 0 radical (unpaired) electrons. The molecule has 2 aromatic carbocycles. The van der Waals surface area contributed by atoms with Crippen LogP contribution < -0.4 is 15.1 Å². The lowest BCUT2D eigenvalue weighted by atomic mass is 10.0. The number of unbranched alkanes of at least 4 members (excludes halogenated alkanes) is 6. The molecule has 0 bridgehead atoms. The highest BCUT2D eigenvalue weighted by Crippen LogP contribution is 2.34. The lowest BCUT2D eigenvalue weighted by molar-refractivity contribution is -0.385. The molecular weight excluding hydrogens is 688 g/mol. The maximum Gasteiger partial charge on any atom is 0.332 e. The molecule has 260 valence electrons. The molecular formula is C33H43BrN6O8. The number of amides is 6. The first-order chi connectivity index (χ1) is 22.4. The SMILES string of the molecule is Cc1cc(N2C(=O)N(CCCCCCCCCBr)C(C)(C)C2=O)ccc1[N+](=O)[O-].Cc1cc(N2C(=O)NC(C)(C)C2=O)ccc1[N+](=O)[O-]. The van der Waals surface area contributed by atoms with Crippen LogP contribution >= 0.6 is 15.9 Å². The molecule has 2 aliphatic heterocycles. The van der Waals surface area contributed by atoms with Crippen LogP contribution in [0, 0.1) is 34.1 Å². The van der Waals surface area contributed by atoms with Gasteiger partial charge in [-0.1, -0.05) is 48.0 Å². The number of carbonyl (C=O) groups excluding carboxylic acids is 4. The Labute approximate surface area is 288 Å². The highest BCUT2D eigenvalue weighted by Gasteiger charge is 2.51. The fourth-order valence-corrected chi connectivity index (χ4v) is 6.03. The molecule has 2 fully saturated rings. The summed E-state index contributed by atoms with van der Waals surface area (Å²) in [5, 5.41) is 25.4. The molecule has 2 saturated heterocycles. The molecule has 4 rings (SSSR count). The third-order valence-electron chi connectivity index (χ3n) is 8.47. The summed E-state index contributed by atoms with van der Waals surface area (Å²) in [6, 6.07) is 7.59. The summed E-state index contributed by atoms with van der Waals surface area (Å²) in [5.41, 5.74) is -0.441. The van der Waals surface area contributed by atoms with Gasteiger partial charge in [0.2, 0.25) is 0 Å². The Morgan fingerprint density at radius 2 is 1.17 bits per heavy atom. The number of imide groups is 2. The largest absolute Gasteiger partial charge is 0.332 e. The summed E-state index contributed by atoms with van der Waals surface area (Å²) >= 11 is 3.44. The topological polar surface area (TPSA) is 176 Å². The van der Waals surface area contributed by atoms with Crippen LogP contribution in [0.1, 0.15) is 83.8 Å². The van der Waals surface area contributed by atoms with E-state index in [1.54, 1.807) is 46.4 Å². The molecule has 0 saturated carbocycles. The summed E-state index contributed by atoms with van der Waals surface area (Å²) in [6.07, 6.45) is 7.87. The summed E-state index contributed by atoms with van der Waals surface area (Å²) < 4.78 is 0. The van der Waals surface area contributed by atoms with E-state index in [4.69, 9.17) is 0 Å². The van der Waals surface area contributed by atoms with Crippen LogP contribution in [-0.4, -0.2) is 61.6 Å². The number of anilines is 2. The molecule has 2 aliphatic rings. The molecule has 6 amide bonds. The first-order valence-electron chi connectivity index (χ1n) is 15.8. The Morgan fingerprint density at radius 1 is 0.708 bits per heavy atom. The van der Waals surface area contributed by atoms with Gasteiger partial charge in [0, 0.05) is 35.1 Å². The van der Waals surface area contributed by atoms with Crippen LogP contribution in [0.4, 0.5) is 32.3 Å². The normalized spacial score (nSPS) is 16.6. The zero-order valence-corrected chi connectivity index (χ0v) is 29.8. The number of carbonyl (C=O) groups is 4. The molecule has 0 spiro atoms. The van der Waals surface area contributed by atoms with Gasteiger partial charge in [-0.05, 0) is 78.6 Å². The number of hydrogen-bond donors (Lipinski definition) is 1. The number of nitro groups is 2. The van der Waals surface area contributed by atoms with Gasteiger partial charge in [0.1, 0.15) is 11.1 Å². The van der Waals surface area contributed by atoms with Crippen LogP contribution in [-0.2, 0) is 9.59 Å². The standard InChI is InChI=1S/C21H30BrN3O4.C12H13N3O4/c1-16-15-17(11-12-18(16)25(28)29)24-19(26)21(2,3)23(20(24)27)14-10-8-6-4-5-7-9-13-22;1-7-6-8(4-5-9(7)15(18)19)14-10(16)12(2,3)13-11(14)17/h11-12,15H,4-10,13-14H2,1-3H3;4-6H,1-3H3,(H,13,17). The number of aryl methyl sites for hydroxylation is 2. The van der Waals surface area contributed by atoms with Crippen molar-refractivity contribution in [1.29, 1.82) is 0 Å². The van der Waals surface area contributed by atoms with Crippen molar-refractivity contribution in [3.8, 4) is 0 Å². The van der Waals surface area contributed by atoms with Crippen LogP contribution in [0.2, 0.25) is 0 Å². The van der Waals surface area contributed by atoms with Gasteiger partial charge < -0.3 is 10.2 Å². The van der Waals surface area contributed by atoms with E-state index in [2.05, 4.69) is 21.2 Å². The Bertz CT molecular complexity index is 1590. The van der Waals surface area contributed by atoms with Crippen molar-refractivity contribution in [1.82, 2.24) is 10.2 Å².